The number of ether oxygens (including phenoxy) is 1. The van der Waals surface area contributed by atoms with Gasteiger partial charge in [0.25, 0.3) is 0 Å². The van der Waals surface area contributed by atoms with Crippen molar-refractivity contribution < 1.29 is 9.84 Å². The van der Waals surface area contributed by atoms with Crippen molar-refractivity contribution in [3.05, 3.63) is 40.4 Å². The Morgan fingerprint density at radius 1 is 1.56 bits per heavy atom. The van der Waals surface area contributed by atoms with Crippen LogP contribution in [0.3, 0.4) is 0 Å². The summed E-state index contributed by atoms with van der Waals surface area (Å²) in [6.45, 7) is 8.11. The zero-order valence-corrected chi connectivity index (χ0v) is 11.3. The van der Waals surface area contributed by atoms with Gasteiger partial charge in [-0.1, -0.05) is 27.6 Å². The Labute approximate surface area is 105 Å². The lowest BCUT2D eigenvalue weighted by atomic mass is 10.1. The molecule has 0 saturated heterocycles. The lowest BCUT2D eigenvalue weighted by molar-refractivity contribution is 0.191. The summed E-state index contributed by atoms with van der Waals surface area (Å²) >= 11 is 3.39. The van der Waals surface area contributed by atoms with Gasteiger partial charge >= 0.3 is 0 Å². The lowest BCUT2D eigenvalue weighted by Crippen LogP contribution is -2.02. The van der Waals surface area contributed by atoms with Gasteiger partial charge in [-0.15, -0.1) is 6.58 Å². The van der Waals surface area contributed by atoms with Crippen molar-refractivity contribution in [2.24, 2.45) is 0 Å². The van der Waals surface area contributed by atoms with Crippen LogP contribution in [-0.4, -0.2) is 11.7 Å². The normalized spacial score (nSPS) is 12.2. The summed E-state index contributed by atoms with van der Waals surface area (Å²) in [5, 5.41) is 9.59. The van der Waals surface area contributed by atoms with Crippen LogP contribution in [0.4, 0.5) is 0 Å². The molecule has 88 valence electrons. The quantitative estimate of drug-likeness (QED) is 0.833. The average molecular weight is 285 g/mol. The molecule has 1 aromatic carbocycles. The molecule has 16 heavy (non-hydrogen) atoms. The summed E-state index contributed by atoms with van der Waals surface area (Å²) in [5.41, 5.74) is 1.90. The number of rotatable bonds is 5. The first-order chi connectivity index (χ1) is 7.50. The third-order valence-electron chi connectivity index (χ3n) is 2.21. The monoisotopic (exact) mass is 284 g/mol. The molecule has 0 fully saturated rings. The van der Waals surface area contributed by atoms with E-state index in [0.717, 1.165) is 27.8 Å². The molecular formula is C13H17BrO2. The predicted molar refractivity (Wildman–Crippen MR) is 69.7 cm³/mol. The number of aliphatic hydroxyl groups excluding tert-OH is 1. The van der Waals surface area contributed by atoms with E-state index in [2.05, 4.69) is 22.5 Å². The Kier molecular flexibility index (Phi) is 5.03. The van der Waals surface area contributed by atoms with Crippen molar-refractivity contribution in [1.29, 1.82) is 0 Å². The van der Waals surface area contributed by atoms with Crippen LogP contribution in [0.1, 0.15) is 31.9 Å². The van der Waals surface area contributed by atoms with Crippen molar-refractivity contribution in [2.75, 3.05) is 6.61 Å². The highest BCUT2D eigenvalue weighted by Gasteiger charge is 2.09. The van der Waals surface area contributed by atoms with Gasteiger partial charge in [0.2, 0.25) is 0 Å². The molecule has 0 unspecified atom stereocenters. The fourth-order valence-corrected chi connectivity index (χ4v) is 1.65. The van der Waals surface area contributed by atoms with Gasteiger partial charge in [-0.25, -0.2) is 0 Å². The highest BCUT2D eigenvalue weighted by Crippen LogP contribution is 2.28. The fraction of sp³-hybridized carbons (Fsp3) is 0.385. The maximum Gasteiger partial charge on any atom is 0.126 e. The first-order valence-electron chi connectivity index (χ1n) is 5.25. The fourth-order valence-electron chi connectivity index (χ4n) is 1.31. The molecule has 0 bridgehead atoms. The maximum atomic E-state index is 9.59. The van der Waals surface area contributed by atoms with Gasteiger partial charge in [-0.05, 0) is 26.0 Å². The summed E-state index contributed by atoms with van der Waals surface area (Å²) in [6.07, 6.45) is 0.305. The SMILES string of the molecule is C=C(C)CCOc1cc(Br)ccc1[C@H](C)O. The molecule has 1 N–H and O–H groups in total. The van der Waals surface area contributed by atoms with Crippen LogP contribution in [0.25, 0.3) is 0 Å². The van der Waals surface area contributed by atoms with E-state index in [0.29, 0.717) is 6.61 Å². The van der Waals surface area contributed by atoms with E-state index in [1.54, 1.807) is 6.92 Å². The van der Waals surface area contributed by atoms with E-state index >= 15 is 0 Å². The summed E-state index contributed by atoms with van der Waals surface area (Å²) in [7, 11) is 0. The molecule has 0 aliphatic heterocycles. The summed E-state index contributed by atoms with van der Waals surface area (Å²) in [6, 6.07) is 5.64. The molecule has 0 saturated carbocycles. The van der Waals surface area contributed by atoms with Gasteiger partial charge in [0, 0.05) is 16.5 Å². The largest absolute Gasteiger partial charge is 0.493 e. The zero-order chi connectivity index (χ0) is 12.1. The van der Waals surface area contributed by atoms with Crippen LogP contribution in [0, 0.1) is 0 Å². The lowest BCUT2D eigenvalue weighted by Gasteiger charge is -2.13. The summed E-state index contributed by atoms with van der Waals surface area (Å²) in [5.74, 6) is 0.727. The van der Waals surface area contributed by atoms with E-state index in [4.69, 9.17) is 4.74 Å². The smallest absolute Gasteiger partial charge is 0.126 e. The maximum absolute atomic E-state index is 9.59. The third-order valence-corrected chi connectivity index (χ3v) is 2.71. The van der Waals surface area contributed by atoms with Gasteiger partial charge in [-0.3, -0.25) is 0 Å². The summed E-state index contributed by atoms with van der Waals surface area (Å²) < 4.78 is 6.59. The molecule has 0 aromatic heterocycles. The molecule has 0 spiro atoms. The molecule has 1 aromatic rings. The first-order valence-corrected chi connectivity index (χ1v) is 6.04. The van der Waals surface area contributed by atoms with E-state index < -0.39 is 6.10 Å². The van der Waals surface area contributed by atoms with Crippen LogP contribution < -0.4 is 4.74 Å². The Balaban J connectivity index is 2.76. The van der Waals surface area contributed by atoms with Gasteiger partial charge in [-0.2, -0.15) is 0 Å². The van der Waals surface area contributed by atoms with Crippen molar-refractivity contribution in [1.82, 2.24) is 0 Å². The van der Waals surface area contributed by atoms with E-state index in [1.807, 2.05) is 25.1 Å². The number of hydrogen-bond acceptors (Lipinski definition) is 2. The van der Waals surface area contributed by atoms with E-state index in [-0.39, 0.29) is 0 Å². The van der Waals surface area contributed by atoms with Gasteiger partial charge in [0.15, 0.2) is 0 Å². The molecule has 0 heterocycles. The van der Waals surface area contributed by atoms with Crippen molar-refractivity contribution in [3.8, 4) is 5.75 Å². The van der Waals surface area contributed by atoms with Crippen LogP contribution in [0.5, 0.6) is 5.75 Å². The minimum absolute atomic E-state index is 0.520. The van der Waals surface area contributed by atoms with Crippen LogP contribution in [-0.2, 0) is 0 Å². The molecule has 0 radical (unpaired) electrons. The Bertz CT molecular complexity index is 372. The molecule has 2 nitrogen and oxygen atoms in total. The Morgan fingerprint density at radius 3 is 2.81 bits per heavy atom. The standard InChI is InChI=1S/C13H17BrO2/c1-9(2)6-7-16-13-8-11(14)4-5-12(13)10(3)15/h4-5,8,10,15H,1,6-7H2,2-3H3/t10-/m0/s1. The van der Waals surface area contributed by atoms with Crippen molar-refractivity contribution in [3.63, 3.8) is 0 Å². The topological polar surface area (TPSA) is 29.5 Å². The van der Waals surface area contributed by atoms with Gasteiger partial charge in [0.05, 0.1) is 12.7 Å². The highest BCUT2D eigenvalue weighted by atomic mass is 79.9. The second-order valence-electron chi connectivity index (χ2n) is 3.91. The molecule has 1 atom stereocenters. The second-order valence-corrected chi connectivity index (χ2v) is 4.83. The molecule has 1 rings (SSSR count). The predicted octanol–water partition coefficient (Wildman–Crippen LogP) is 3.85. The van der Waals surface area contributed by atoms with Crippen molar-refractivity contribution in [2.45, 2.75) is 26.4 Å². The van der Waals surface area contributed by atoms with Crippen molar-refractivity contribution >= 4 is 15.9 Å². The molecular weight excluding hydrogens is 268 g/mol. The Hall–Kier alpha value is -0.800. The van der Waals surface area contributed by atoms with Gasteiger partial charge in [0.1, 0.15) is 5.75 Å². The minimum atomic E-state index is -0.520. The molecule has 0 aliphatic rings. The second kappa shape index (κ2) is 6.06. The van der Waals surface area contributed by atoms with Crippen LogP contribution >= 0.6 is 15.9 Å². The number of hydrogen-bond donors (Lipinski definition) is 1. The number of halogens is 1. The van der Waals surface area contributed by atoms with E-state index in [1.165, 1.54) is 0 Å². The first kappa shape index (κ1) is 13.3. The van der Waals surface area contributed by atoms with Crippen LogP contribution in [0.2, 0.25) is 0 Å². The molecule has 3 heteroatoms. The van der Waals surface area contributed by atoms with Gasteiger partial charge < -0.3 is 9.84 Å². The average Bonchev–Trinajstić information content (AvgIpc) is 2.16. The number of aliphatic hydroxyl groups is 1. The summed E-state index contributed by atoms with van der Waals surface area (Å²) in [4.78, 5) is 0. The highest BCUT2D eigenvalue weighted by molar-refractivity contribution is 9.10. The molecule has 0 amide bonds. The van der Waals surface area contributed by atoms with E-state index in [9.17, 15) is 5.11 Å². The minimum Gasteiger partial charge on any atom is -0.493 e. The number of benzene rings is 1. The molecule has 0 aliphatic carbocycles. The van der Waals surface area contributed by atoms with Crippen LogP contribution in [0.15, 0.2) is 34.8 Å². The zero-order valence-electron chi connectivity index (χ0n) is 9.66. The third kappa shape index (κ3) is 3.99. The Morgan fingerprint density at radius 2 is 2.25 bits per heavy atom.